The Hall–Kier alpha value is -1.38. The molecule has 0 spiro atoms. The molecule has 1 heterocycles. The van der Waals surface area contributed by atoms with Crippen LogP contribution in [0.4, 0.5) is 0 Å². The summed E-state index contributed by atoms with van der Waals surface area (Å²) >= 11 is 0. The van der Waals surface area contributed by atoms with Crippen molar-refractivity contribution >= 4 is 5.91 Å². The van der Waals surface area contributed by atoms with Gasteiger partial charge in [-0.15, -0.1) is 0 Å². The maximum absolute atomic E-state index is 12.1. The van der Waals surface area contributed by atoms with Crippen molar-refractivity contribution in [3.05, 3.63) is 30.1 Å². The molecular weight excluding hydrogens is 224 g/mol. The van der Waals surface area contributed by atoms with E-state index in [-0.39, 0.29) is 5.91 Å². The second kappa shape index (κ2) is 4.71. The number of amides is 1. The molecular formula is C15H20N2O. The first-order valence-electron chi connectivity index (χ1n) is 6.95. The van der Waals surface area contributed by atoms with Crippen LogP contribution in [0.1, 0.15) is 43.0 Å². The molecule has 2 fully saturated rings. The highest BCUT2D eigenvalue weighted by molar-refractivity contribution is 5.94. The number of nitrogens with one attached hydrogen (secondary N) is 1. The average molecular weight is 244 g/mol. The highest BCUT2D eigenvalue weighted by Gasteiger charge is 2.42. The number of rotatable bonds is 3. The number of carbonyl (C=O) groups excluding carboxylic acids is 1. The number of fused-ring (bicyclic) bond motifs is 2. The first-order chi connectivity index (χ1) is 8.74. The van der Waals surface area contributed by atoms with Gasteiger partial charge >= 0.3 is 0 Å². The maximum atomic E-state index is 12.1. The second-order valence-electron chi connectivity index (χ2n) is 5.84. The molecule has 2 bridgehead atoms. The Labute approximate surface area is 108 Å². The number of carbonyl (C=O) groups is 1. The molecule has 0 saturated heterocycles. The summed E-state index contributed by atoms with van der Waals surface area (Å²) in [5.41, 5.74) is 0.708. The molecule has 0 unspecified atom stereocenters. The summed E-state index contributed by atoms with van der Waals surface area (Å²) in [7, 11) is 0. The number of pyridine rings is 1. The fourth-order valence-electron chi connectivity index (χ4n) is 3.81. The van der Waals surface area contributed by atoms with E-state index in [1.165, 1.54) is 25.7 Å². The van der Waals surface area contributed by atoms with E-state index >= 15 is 0 Å². The lowest BCUT2D eigenvalue weighted by Gasteiger charge is -2.28. The predicted octanol–water partition coefficient (Wildman–Crippen LogP) is 2.64. The summed E-state index contributed by atoms with van der Waals surface area (Å²) in [5.74, 6) is 2.50. The zero-order valence-corrected chi connectivity index (χ0v) is 10.8. The molecule has 2 aliphatic carbocycles. The van der Waals surface area contributed by atoms with Crippen LogP contribution in [0.3, 0.4) is 0 Å². The van der Waals surface area contributed by atoms with Crippen molar-refractivity contribution in [2.24, 2.45) is 17.8 Å². The molecule has 1 aromatic rings. The minimum atomic E-state index is 0.0349. The van der Waals surface area contributed by atoms with Gasteiger partial charge in [-0.05, 0) is 56.1 Å². The molecule has 4 atom stereocenters. The first kappa shape index (κ1) is 11.7. The summed E-state index contributed by atoms with van der Waals surface area (Å²) < 4.78 is 0. The van der Waals surface area contributed by atoms with Gasteiger partial charge in [0.1, 0.15) is 0 Å². The van der Waals surface area contributed by atoms with Gasteiger partial charge < -0.3 is 5.32 Å². The Morgan fingerprint density at radius 2 is 2.11 bits per heavy atom. The first-order valence-corrected chi connectivity index (χ1v) is 6.95. The van der Waals surface area contributed by atoms with E-state index in [9.17, 15) is 4.79 Å². The summed E-state index contributed by atoms with van der Waals surface area (Å²) in [6.45, 7) is 2.16. The molecule has 18 heavy (non-hydrogen) atoms. The van der Waals surface area contributed by atoms with Crippen molar-refractivity contribution in [2.75, 3.05) is 0 Å². The summed E-state index contributed by atoms with van der Waals surface area (Å²) in [6, 6.07) is 3.83. The zero-order valence-electron chi connectivity index (χ0n) is 10.8. The standard InChI is InChI=1S/C15H20N2O/c1-10(14-9-11-2-3-13(14)8-11)17-15(18)12-4-6-16-7-5-12/h4-7,10-11,13-14H,2-3,8-9H2,1H3,(H,17,18)/t10-,11+,13+,14-/m1/s1. The van der Waals surface area contributed by atoms with Crippen LogP contribution in [0.25, 0.3) is 0 Å². The third-order valence-electron chi connectivity index (χ3n) is 4.74. The van der Waals surface area contributed by atoms with E-state index in [0.717, 1.165) is 11.8 Å². The number of hydrogen-bond acceptors (Lipinski definition) is 2. The number of hydrogen-bond donors (Lipinski definition) is 1. The smallest absolute Gasteiger partial charge is 0.251 e. The molecule has 1 amide bonds. The van der Waals surface area contributed by atoms with Crippen LogP contribution in [0, 0.1) is 17.8 Å². The SMILES string of the molecule is C[C@@H](NC(=O)c1ccncc1)[C@H]1C[C@H]2CC[C@H]1C2. The van der Waals surface area contributed by atoms with Gasteiger partial charge in [0, 0.05) is 24.0 Å². The zero-order chi connectivity index (χ0) is 12.5. The Bertz CT molecular complexity index is 431. The molecule has 96 valence electrons. The molecule has 3 rings (SSSR count). The molecule has 2 aliphatic rings. The van der Waals surface area contributed by atoms with Crippen molar-refractivity contribution in [1.82, 2.24) is 10.3 Å². The van der Waals surface area contributed by atoms with E-state index in [1.807, 2.05) is 0 Å². The lowest BCUT2D eigenvalue weighted by Crippen LogP contribution is -2.40. The van der Waals surface area contributed by atoms with Crippen molar-refractivity contribution < 1.29 is 4.79 Å². The fourth-order valence-corrected chi connectivity index (χ4v) is 3.81. The maximum Gasteiger partial charge on any atom is 0.251 e. The second-order valence-corrected chi connectivity index (χ2v) is 5.84. The third kappa shape index (κ3) is 2.14. The van der Waals surface area contributed by atoms with Crippen LogP contribution in [0.2, 0.25) is 0 Å². The Morgan fingerprint density at radius 1 is 1.33 bits per heavy atom. The van der Waals surface area contributed by atoms with Crippen LogP contribution in [0.15, 0.2) is 24.5 Å². The van der Waals surface area contributed by atoms with Gasteiger partial charge in [0.2, 0.25) is 0 Å². The molecule has 0 aliphatic heterocycles. The minimum Gasteiger partial charge on any atom is -0.349 e. The summed E-state index contributed by atoms with van der Waals surface area (Å²) in [6.07, 6.45) is 8.80. The molecule has 3 heteroatoms. The van der Waals surface area contributed by atoms with Crippen molar-refractivity contribution in [3.63, 3.8) is 0 Å². The number of aromatic nitrogens is 1. The van der Waals surface area contributed by atoms with Crippen molar-refractivity contribution in [1.29, 1.82) is 0 Å². The largest absolute Gasteiger partial charge is 0.349 e. The highest BCUT2D eigenvalue weighted by Crippen LogP contribution is 2.49. The van der Waals surface area contributed by atoms with Gasteiger partial charge in [0.05, 0.1) is 0 Å². The van der Waals surface area contributed by atoms with Gasteiger partial charge in [-0.1, -0.05) is 6.42 Å². The molecule has 1 aromatic heterocycles. The van der Waals surface area contributed by atoms with E-state index < -0.39 is 0 Å². The quantitative estimate of drug-likeness (QED) is 0.888. The summed E-state index contributed by atoms with van der Waals surface area (Å²) in [5, 5.41) is 3.16. The van der Waals surface area contributed by atoms with Gasteiger partial charge in [-0.2, -0.15) is 0 Å². The fraction of sp³-hybridized carbons (Fsp3) is 0.600. The van der Waals surface area contributed by atoms with Gasteiger partial charge in [-0.25, -0.2) is 0 Å². The third-order valence-corrected chi connectivity index (χ3v) is 4.74. The van der Waals surface area contributed by atoms with Crippen LogP contribution < -0.4 is 5.32 Å². The van der Waals surface area contributed by atoms with Crippen LogP contribution >= 0.6 is 0 Å². The summed E-state index contributed by atoms with van der Waals surface area (Å²) in [4.78, 5) is 16.0. The topological polar surface area (TPSA) is 42.0 Å². The van der Waals surface area contributed by atoms with Crippen LogP contribution in [-0.4, -0.2) is 16.9 Å². The Morgan fingerprint density at radius 3 is 2.72 bits per heavy atom. The molecule has 3 nitrogen and oxygen atoms in total. The van der Waals surface area contributed by atoms with E-state index in [4.69, 9.17) is 0 Å². The van der Waals surface area contributed by atoms with Gasteiger partial charge in [-0.3, -0.25) is 9.78 Å². The average Bonchev–Trinajstić information content (AvgIpc) is 3.02. The lowest BCUT2D eigenvalue weighted by atomic mass is 9.84. The highest BCUT2D eigenvalue weighted by atomic mass is 16.1. The minimum absolute atomic E-state index is 0.0349. The predicted molar refractivity (Wildman–Crippen MR) is 70.1 cm³/mol. The van der Waals surface area contributed by atoms with Gasteiger partial charge in [0.15, 0.2) is 0 Å². The van der Waals surface area contributed by atoms with E-state index in [0.29, 0.717) is 17.5 Å². The Kier molecular flexibility index (Phi) is 3.06. The van der Waals surface area contributed by atoms with E-state index in [1.54, 1.807) is 24.5 Å². The lowest BCUT2D eigenvalue weighted by molar-refractivity contribution is 0.0915. The normalized spacial score (nSPS) is 31.3. The van der Waals surface area contributed by atoms with Crippen LogP contribution in [0.5, 0.6) is 0 Å². The van der Waals surface area contributed by atoms with Gasteiger partial charge in [0.25, 0.3) is 5.91 Å². The Balaban J connectivity index is 1.61. The molecule has 2 saturated carbocycles. The van der Waals surface area contributed by atoms with E-state index in [2.05, 4.69) is 17.2 Å². The van der Waals surface area contributed by atoms with Crippen LogP contribution in [-0.2, 0) is 0 Å². The van der Waals surface area contributed by atoms with Crippen molar-refractivity contribution in [2.45, 2.75) is 38.6 Å². The van der Waals surface area contributed by atoms with Crippen molar-refractivity contribution in [3.8, 4) is 0 Å². The monoisotopic (exact) mass is 244 g/mol. The molecule has 1 N–H and O–H groups in total. The molecule has 0 aromatic carbocycles. The molecule has 0 radical (unpaired) electrons. The number of nitrogens with zero attached hydrogens (tertiary/aromatic N) is 1.